The van der Waals surface area contributed by atoms with Crippen LogP contribution in [-0.2, 0) is 13.0 Å². The molecule has 2 aromatic rings. The number of benzene rings is 1. The van der Waals surface area contributed by atoms with Gasteiger partial charge in [-0.15, -0.1) is 6.42 Å². The molecule has 0 radical (unpaired) electrons. The van der Waals surface area contributed by atoms with Gasteiger partial charge in [-0.1, -0.05) is 25.0 Å². The molecule has 0 bridgehead atoms. The molecule has 1 aromatic carbocycles. The van der Waals surface area contributed by atoms with Gasteiger partial charge in [0.25, 0.3) is 0 Å². The highest BCUT2D eigenvalue weighted by molar-refractivity contribution is 5.91. The Morgan fingerprint density at radius 1 is 1.30 bits per heavy atom. The summed E-state index contributed by atoms with van der Waals surface area (Å²) in [7, 11) is 2.19. The maximum Gasteiger partial charge on any atom is 0.317 e. The number of hydrogen-bond acceptors (Lipinski definition) is 2. The molecular formula is C25H34N4O. The third-order valence-electron chi connectivity index (χ3n) is 7.08. The van der Waals surface area contributed by atoms with Gasteiger partial charge in [0.2, 0.25) is 0 Å². The molecule has 1 aliphatic carbocycles. The van der Waals surface area contributed by atoms with Crippen molar-refractivity contribution in [3.05, 3.63) is 35.0 Å². The van der Waals surface area contributed by atoms with Crippen LogP contribution in [0.5, 0.6) is 0 Å². The summed E-state index contributed by atoms with van der Waals surface area (Å²) in [5, 5.41) is 4.66. The van der Waals surface area contributed by atoms with Crippen LogP contribution < -0.4 is 5.32 Å². The van der Waals surface area contributed by atoms with Crippen LogP contribution in [0.4, 0.5) is 4.79 Å². The van der Waals surface area contributed by atoms with Gasteiger partial charge in [0, 0.05) is 55.1 Å². The first-order chi connectivity index (χ1) is 14.5. The normalized spacial score (nSPS) is 23.1. The lowest BCUT2D eigenvalue weighted by Crippen LogP contribution is -2.56. The molecule has 2 amide bonds. The number of nitrogens with one attached hydrogen (secondary N) is 1. The molecule has 30 heavy (non-hydrogen) atoms. The van der Waals surface area contributed by atoms with E-state index in [0.717, 1.165) is 51.1 Å². The average Bonchev–Trinajstić information content (AvgIpc) is 3.04. The van der Waals surface area contributed by atoms with Crippen LogP contribution in [0.3, 0.4) is 0 Å². The van der Waals surface area contributed by atoms with E-state index in [2.05, 4.69) is 52.9 Å². The summed E-state index contributed by atoms with van der Waals surface area (Å²) in [5.74, 6) is 3.41. The summed E-state index contributed by atoms with van der Waals surface area (Å²) in [6.45, 7) is 9.55. The van der Waals surface area contributed by atoms with E-state index in [4.69, 9.17) is 6.42 Å². The summed E-state index contributed by atoms with van der Waals surface area (Å²) in [6.07, 6.45) is 9.02. The minimum atomic E-state index is 0.0512. The molecule has 1 fully saturated rings. The third-order valence-corrected chi connectivity index (χ3v) is 7.08. The Hall–Kier alpha value is -2.45. The molecule has 5 heteroatoms. The smallest absolute Gasteiger partial charge is 0.317 e. The van der Waals surface area contributed by atoms with E-state index < -0.39 is 0 Å². The van der Waals surface area contributed by atoms with Gasteiger partial charge in [0.15, 0.2) is 0 Å². The van der Waals surface area contributed by atoms with Crippen LogP contribution in [0.2, 0.25) is 0 Å². The zero-order valence-electron chi connectivity index (χ0n) is 18.7. The fourth-order valence-electron chi connectivity index (χ4n) is 5.69. The summed E-state index contributed by atoms with van der Waals surface area (Å²) in [6, 6.07) is 7.30. The van der Waals surface area contributed by atoms with Crippen LogP contribution in [0, 0.1) is 12.3 Å². The van der Waals surface area contributed by atoms with Crippen molar-refractivity contribution in [3.63, 3.8) is 0 Å². The number of piperidine rings is 1. The van der Waals surface area contributed by atoms with Crippen molar-refractivity contribution in [1.29, 1.82) is 0 Å². The lowest BCUT2D eigenvalue weighted by atomic mass is 9.73. The molecule has 4 rings (SSSR count). The number of aromatic nitrogens is 1. The van der Waals surface area contributed by atoms with Crippen molar-refractivity contribution < 1.29 is 4.79 Å². The second-order valence-electron chi connectivity index (χ2n) is 8.74. The molecule has 1 aliphatic heterocycles. The number of hydrogen-bond donors (Lipinski definition) is 1. The molecule has 1 N–H and O–H groups in total. The molecule has 3 atom stereocenters. The molecule has 1 saturated heterocycles. The molecule has 2 unspecified atom stereocenters. The Kier molecular flexibility index (Phi) is 5.79. The first kappa shape index (κ1) is 20.8. The number of rotatable bonds is 5. The molecule has 160 valence electrons. The predicted molar refractivity (Wildman–Crippen MR) is 123 cm³/mol. The lowest BCUT2D eigenvalue weighted by Gasteiger charge is -2.46. The Morgan fingerprint density at radius 3 is 2.73 bits per heavy atom. The van der Waals surface area contributed by atoms with Gasteiger partial charge in [0.05, 0.1) is 5.69 Å². The van der Waals surface area contributed by atoms with Gasteiger partial charge in [-0.3, -0.25) is 0 Å². The van der Waals surface area contributed by atoms with Crippen LogP contribution >= 0.6 is 0 Å². The third kappa shape index (κ3) is 3.28. The van der Waals surface area contributed by atoms with Crippen molar-refractivity contribution in [2.45, 2.75) is 64.6 Å². The zero-order valence-corrected chi connectivity index (χ0v) is 18.7. The van der Waals surface area contributed by atoms with E-state index in [0.29, 0.717) is 12.0 Å². The molecular weight excluding hydrogens is 372 g/mol. The van der Waals surface area contributed by atoms with E-state index in [9.17, 15) is 4.79 Å². The minimum absolute atomic E-state index is 0.0512. The van der Waals surface area contributed by atoms with Gasteiger partial charge in [-0.25, -0.2) is 4.79 Å². The first-order valence-corrected chi connectivity index (χ1v) is 11.4. The highest BCUT2D eigenvalue weighted by atomic mass is 16.2. The fraction of sp³-hybridized carbons (Fsp3) is 0.560. The number of aryl methyl sites for hydroxylation is 1. The zero-order chi connectivity index (χ0) is 21.4. The number of carbonyl (C=O) groups excluding carboxylic acids is 1. The quantitative estimate of drug-likeness (QED) is 0.768. The van der Waals surface area contributed by atoms with E-state index in [1.165, 1.54) is 22.0 Å². The number of carbonyl (C=O) groups is 1. The van der Waals surface area contributed by atoms with Crippen LogP contribution in [-0.4, -0.2) is 59.2 Å². The lowest BCUT2D eigenvalue weighted by molar-refractivity contribution is 0.124. The van der Waals surface area contributed by atoms with Crippen LogP contribution in [0.15, 0.2) is 18.2 Å². The Morgan fingerprint density at radius 2 is 2.07 bits per heavy atom. The number of fused-ring (bicyclic) bond motifs is 2. The van der Waals surface area contributed by atoms with Gasteiger partial charge in [-0.05, 0) is 57.4 Å². The Bertz CT molecular complexity index is 981. The second-order valence-corrected chi connectivity index (χ2v) is 8.74. The van der Waals surface area contributed by atoms with Gasteiger partial charge < -0.3 is 19.7 Å². The molecule has 2 aliphatic rings. The standard InChI is InChI=1S/C25H34N4O/c1-6-13-29-21(7-2)20-15-23-19(18-11-10-12-22(29)24(18)20)14-17(16-27(23)5)26-25(30)28(8-3)9-4/h2,10-12,17,19,23H,6,8-9,13-16H2,1,3-5H3,(H,26,30)/t17?,19?,23-/m1/s1. The maximum atomic E-state index is 12.7. The average molecular weight is 407 g/mol. The van der Waals surface area contributed by atoms with E-state index >= 15 is 0 Å². The van der Waals surface area contributed by atoms with Crippen molar-refractivity contribution in [1.82, 2.24) is 19.7 Å². The predicted octanol–water partition coefficient (Wildman–Crippen LogP) is 3.80. The van der Waals surface area contributed by atoms with Crippen molar-refractivity contribution in [2.24, 2.45) is 0 Å². The maximum absolute atomic E-state index is 12.7. The van der Waals surface area contributed by atoms with E-state index in [-0.39, 0.29) is 12.1 Å². The monoisotopic (exact) mass is 406 g/mol. The van der Waals surface area contributed by atoms with Crippen molar-refractivity contribution in [3.8, 4) is 12.3 Å². The van der Waals surface area contributed by atoms with Gasteiger partial charge >= 0.3 is 6.03 Å². The fourth-order valence-corrected chi connectivity index (χ4v) is 5.69. The Labute approximate surface area is 180 Å². The van der Waals surface area contributed by atoms with Crippen molar-refractivity contribution in [2.75, 3.05) is 26.7 Å². The van der Waals surface area contributed by atoms with Crippen molar-refractivity contribution >= 4 is 16.9 Å². The highest BCUT2D eigenvalue weighted by Crippen LogP contribution is 2.45. The number of likely N-dealkylation sites (tertiary alicyclic amines) is 1. The summed E-state index contributed by atoms with van der Waals surface area (Å²) >= 11 is 0. The largest absolute Gasteiger partial charge is 0.334 e. The molecule has 5 nitrogen and oxygen atoms in total. The molecule has 1 aromatic heterocycles. The number of amides is 2. The molecule has 2 heterocycles. The Balaban J connectivity index is 1.71. The number of terminal acetylenes is 1. The summed E-state index contributed by atoms with van der Waals surface area (Å²) < 4.78 is 2.34. The summed E-state index contributed by atoms with van der Waals surface area (Å²) in [5.41, 5.74) is 5.07. The van der Waals surface area contributed by atoms with E-state index in [1.807, 2.05) is 18.7 Å². The number of likely N-dealkylation sites (N-methyl/N-ethyl adjacent to an activating group) is 1. The van der Waals surface area contributed by atoms with Gasteiger partial charge in [0.1, 0.15) is 0 Å². The number of nitrogens with zero attached hydrogens (tertiary/aromatic N) is 3. The molecule has 0 saturated carbocycles. The topological polar surface area (TPSA) is 40.5 Å². The molecule has 0 spiro atoms. The SMILES string of the molecule is C#Cc1c2c3c(cccc3n1CCC)C1CC(NC(=O)N(CC)CC)CN(C)[C@@H]1C2. The highest BCUT2D eigenvalue weighted by Gasteiger charge is 2.41. The van der Waals surface area contributed by atoms with E-state index in [1.54, 1.807) is 0 Å². The first-order valence-electron chi connectivity index (χ1n) is 11.4. The number of urea groups is 1. The van der Waals surface area contributed by atoms with Gasteiger partial charge in [-0.2, -0.15) is 0 Å². The van der Waals surface area contributed by atoms with Crippen LogP contribution in [0.1, 0.15) is 56.4 Å². The van der Waals surface area contributed by atoms with Crippen LogP contribution in [0.25, 0.3) is 10.9 Å². The minimum Gasteiger partial charge on any atom is -0.334 e. The summed E-state index contributed by atoms with van der Waals surface area (Å²) in [4.78, 5) is 16.9. The second kappa shape index (κ2) is 8.35.